The Kier molecular flexibility index (Phi) is 7.49. The van der Waals surface area contributed by atoms with E-state index in [1.807, 2.05) is 31.2 Å². The molecule has 2 aromatic carbocycles. The maximum absolute atomic E-state index is 12.4. The molecule has 1 fully saturated rings. The van der Waals surface area contributed by atoms with Gasteiger partial charge >= 0.3 is 0 Å². The van der Waals surface area contributed by atoms with Crippen LogP contribution in [0, 0.1) is 13.8 Å². The number of nitrogens with one attached hydrogen (secondary N) is 1. The molecule has 1 atom stereocenters. The van der Waals surface area contributed by atoms with Crippen molar-refractivity contribution in [3.05, 3.63) is 65.2 Å². The lowest BCUT2D eigenvalue weighted by Gasteiger charge is -2.31. The zero-order valence-corrected chi connectivity index (χ0v) is 17.1. The largest absolute Gasteiger partial charge is 0.484 e. The fourth-order valence-corrected chi connectivity index (χ4v) is 3.77. The number of hydrogen-bond acceptors (Lipinski definition) is 3. The third-order valence-corrected chi connectivity index (χ3v) is 5.40. The summed E-state index contributed by atoms with van der Waals surface area (Å²) in [6.07, 6.45) is 5.06. The molecule has 3 rings (SSSR count). The van der Waals surface area contributed by atoms with Gasteiger partial charge in [-0.3, -0.25) is 9.69 Å². The van der Waals surface area contributed by atoms with E-state index in [9.17, 15) is 4.79 Å². The molecule has 0 bridgehead atoms. The molecule has 0 radical (unpaired) electrons. The molecule has 1 saturated heterocycles. The summed E-state index contributed by atoms with van der Waals surface area (Å²) in [6.45, 7) is 6.96. The van der Waals surface area contributed by atoms with Crippen molar-refractivity contribution in [3.8, 4) is 5.75 Å². The lowest BCUT2D eigenvalue weighted by molar-refractivity contribution is -0.123. The van der Waals surface area contributed by atoms with Gasteiger partial charge in [-0.05, 0) is 63.0 Å². The second-order valence-corrected chi connectivity index (χ2v) is 7.79. The maximum Gasteiger partial charge on any atom is 0.258 e. The number of hydrogen-bond donors (Lipinski definition) is 1. The van der Waals surface area contributed by atoms with E-state index in [4.69, 9.17) is 4.74 Å². The van der Waals surface area contributed by atoms with Crippen molar-refractivity contribution in [2.24, 2.45) is 0 Å². The van der Waals surface area contributed by atoms with Crippen LogP contribution in [0.4, 0.5) is 0 Å². The number of nitrogens with zero attached hydrogens (tertiary/aromatic N) is 1. The highest BCUT2D eigenvalue weighted by Crippen LogP contribution is 2.24. The highest BCUT2D eigenvalue weighted by Gasteiger charge is 2.22. The lowest BCUT2D eigenvalue weighted by atomic mass is 10.0. The Morgan fingerprint density at radius 2 is 1.71 bits per heavy atom. The van der Waals surface area contributed by atoms with Crippen molar-refractivity contribution >= 4 is 5.91 Å². The van der Waals surface area contributed by atoms with Gasteiger partial charge in [0.15, 0.2) is 6.61 Å². The molecule has 1 unspecified atom stereocenters. The Morgan fingerprint density at radius 3 is 2.39 bits per heavy atom. The van der Waals surface area contributed by atoms with E-state index in [1.54, 1.807) is 0 Å². The molecule has 0 saturated carbocycles. The monoisotopic (exact) mass is 380 g/mol. The number of carbonyl (C=O) groups is 1. The van der Waals surface area contributed by atoms with Crippen LogP contribution in [0.2, 0.25) is 0 Å². The summed E-state index contributed by atoms with van der Waals surface area (Å²) in [5, 5.41) is 3.09. The van der Waals surface area contributed by atoms with Crippen molar-refractivity contribution in [3.63, 3.8) is 0 Å². The average molecular weight is 381 g/mol. The van der Waals surface area contributed by atoms with Gasteiger partial charge in [-0.15, -0.1) is 0 Å². The molecule has 28 heavy (non-hydrogen) atoms. The predicted octanol–water partition coefficient (Wildman–Crippen LogP) is 4.42. The van der Waals surface area contributed by atoms with E-state index in [2.05, 4.69) is 41.4 Å². The molecular weight excluding hydrogens is 348 g/mol. The fraction of sp³-hybridized carbons (Fsp3) is 0.458. The fourth-order valence-electron chi connectivity index (χ4n) is 3.77. The lowest BCUT2D eigenvalue weighted by Crippen LogP contribution is -2.40. The summed E-state index contributed by atoms with van der Waals surface area (Å²) in [5.74, 6) is 0.659. The summed E-state index contributed by atoms with van der Waals surface area (Å²) in [6, 6.07) is 16.7. The van der Waals surface area contributed by atoms with Crippen LogP contribution in [0.25, 0.3) is 0 Å². The van der Waals surface area contributed by atoms with E-state index < -0.39 is 0 Å². The number of amides is 1. The number of carbonyl (C=O) groups excluding carboxylic acids is 1. The summed E-state index contributed by atoms with van der Waals surface area (Å²) in [7, 11) is 0. The Balaban J connectivity index is 1.60. The number of rotatable bonds is 7. The van der Waals surface area contributed by atoms with E-state index in [1.165, 1.54) is 36.8 Å². The van der Waals surface area contributed by atoms with Gasteiger partial charge in [0.25, 0.3) is 5.91 Å². The summed E-state index contributed by atoms with van der Waals surface area (Å²) >= 11 is 0. The number of aryl methyl sites for hydroxylation is 2. The molecule has 1 heterocycles. The Bertz CT molecular complexity index is 749. The van der Waals surface area contributed by atoms with Crippen molar-refractivity contribution in [1.82, 2.24) is 10.2 Å². The van der Waals surface area contributed by atoms with Gasteiger partial charge in [-0.25, -0.2) is 0 Å². The maximum atomic E-state index is 12.4. The second-order valence-electron chi connectivity index (χ2n) is 7.79. The molecule has 0 spiro atoms. The number of ether oxygens (including phenoxy) is 1. The van der Waals surface area contributed by atoms with Crippen LogP contribution in [-0.4, -0.2) is 37.0 Å². The SMILES string of the molecule is Cc1ccc(C(CNC(=O)COc2cccc(C)c2)N2CCCCCC2)cc1. The normalized spacial score (nSPS) is 16.2. The van der Waals surface area contributed by atoms with Gasteiger partial charge < -0.3 is 10.1 Å². The molecule has 4 heteroatoms. The molecule has 1 aliphatic heterocycles. The molecular formula is C24H32N2O2. The van der Waals surface area contributed by atoms with E-state index in [0.29, 0.717) is 6.54 Å². The van der Waals surface area contributed by atoms with E-state index in [0.717, 1.165) is 24.4 Å². The van der Waals surface area contributed by atoms with Crippen LogP contribution in [0.5, 0.6) is 5.75 Å². The highest BCUT2D eigenvalue weighted by atomic mass is 16.5. The quantitative estimate of drug-likeness (QED) is 0.773. The van der Waals surface area contributed by atoms with Crippen LogP contribution in [0.15, 0.2) is 48.5 Å². The molecule has 150 valence electrons. The molecule has 1 aliphatic rings. The van der Waals surface area contributed by atoms with E-state index >= 15 is 0 Å². The Labute approximate surface area is 168 Å². The third kappa shape index (κ3) is 6.10. The average Bonchev–Trinajstić information content (AvgIpc) is 2.97. The van der Waals surface area contributed by atoms with Crippen LogP contribution >= 0.6 is 0 Å². The smallest absolute Gasteiger partial charge is 0.258 e. The first kappa shape index (κ1) is 20.4. The van der Waals surface area contributed by atoms with Gasteiger partial charge in [0.05, 0.1) is 6.04 Å². The molecule has 0 aromatic heterocycles. The van der Waals surface area contributed by atoms with Crippen LogP contribution in [-0.2, 0) is 4.79 Å². The van der Waals surface area contributed by atoms with Crippen LogP contribution in [0.3, 0.4) is 0 Å². The number of benzene rings is 2. The minimum Gasteiger partial charge on any atom is -0.484 e. The predicted molar refractivity (Wildman–Crippen MR) is 114 cm³/mol. The topological polar surface area (TPSA) is 41.6 Å². The summed E-state index contributed by atoms with van der Waals surface area (Å²) in [5.41, 5.74) is 3.65. The van der Waals surface area contributed by atoms with Crippen molar-refractivity contribution in [2.45, 2.75) is 45.6 Å². The Hall–Kier alpha value is -2.33. The first-order valence-corrected chi connectivity index (χ1v) is 10.4. The van der Waals surface area contributed by atoms with Crippen LogP contribution in [0.1, 0.15) is 48.4 Å². The molecule has 4 nitrogen and oxygen atoms in total. The first-order chi connectivity index (χ1) is 13.6. The zero-order valence-electron chi connectivity index (χ0n) is 17.1. The van der Waals surface area contributed by atoms with Crippen molar-refractivity contribution < 1.29 is 9.53 Å². The van der Waals surface area contributed by atoms with Gasteiger partial charge in [-0.2, -0.15) is 0 Å². The van der Waals surface area contributed by atoms with E-state index in [-0.39, 0.29) is 18.6 Å². The molecule has 0 aliphatic carbocycles. The number of likely N-dealkylation sites (tertiary alicyclic amines) is 1. The molecule has 2 aromatic rings. The molecule has 1 N–H and O–H groups in total. The zero-order chi connectivity index (χ0) is 19.8. The summed E-state index contributed by atoms with van der Waals surface area (Å²) in [4.78, 5) is 14.9. The van der Waals surface area contributed by atoms with Crippen molar-refractivity contribution in [2.75, 3.05) is 26.2 Å². The first-order valence-electron chi connectivity index (χ1n) is 10.4. The van der Waals surface area contributed by atoms with Gasteiger partial charge in [0.1, 0.15) is 5.75 Å². The van der Waals surface area contributed by atoms with Gasteiger partial charge in [-0.1, -0.05) is 54.8 Å². The van der Waals surface area contributed by atoms with Crippen molar-refractivity contribution in [1.29, 1.82) is 0 Å². The molecule has 1 amide bonds. The standard InChI is InChI=1S/C24H32N2O2/c1-19-10-12-21(13-11-19)23(26-14-5-3-4-6-15-26)17-25-24(27)18-28-22-9-7-8-20(2)16-22/h7-13,16,23H,3-6,14-15,17-18H2,1-2H3,(H,25,27). The van der Waals surface area contributed by atoms with Crippen LogP contribution < -0.4 is 10.1 Å². The summed E-state index contributed by atoms with van der Waals surface area (Å²) < 4.78 is 5.64. The highest BCUT2D eigenvalue weighted by molar-refractivity contribution is 5.77. The minimum absolute atomic E-state index is 0.0457. The second kappa shape index (κ2) is 10.3. The van der Waals surface area contributed by atoms with Gasteiger partial charge in [0, 0.05) is 6.54 Å². The Morgan fingerprint density at radius 1 is 1.00 bits per heavy atom. The third-order valence-electron chi connectivity index (χ3n) is 5.40. The minimum atomic E-state index is -0.0755. The van der Waals surface area contributed by atoms with Gasteiger partial charge in [0.2, 0.25) is 0 Å².